The summed E-state index contributed by atoms with van der Waals surface area (Å²) in [5.74, 6) is 0.686. The molecule has 2 atom stereocenters. The zero-order chi connectivity index (χ0) is 20.5. The number of rotatable bonds is 4. The van der Waals surface area contributed by atoms with Crippen molar-refractivity contribution < 1.29 is 4.74 Å². The molecule has 0 amide bonds. The molecule has 0 radical (unpaired) electrons. The van der Waals surface area contributed by atoms with E-state index in [4.69, 9.17) is 9.72 Å². The van der Waals surface area contributed by atoms with Gasteiger partial charge in [0, 0.05) is 24.0 Å². The van der Waals surface area contributed by atoms with E-state index in [1.807, 2.05) is 43.3 Å². The Morgan fingerprint density at radius 2 is 1.87 bits per heavy atom. The molecular formula is C22H20N6O2. The van der Waals surface area contributed by atoms with Crippen LogP contribution in [0.25, 0.3) is 22.3 Å². The summed E-state index contributed by atoms with van der Waals surface area (Å²) < 4.78 is 7.20. The van der Waals surface area contributed by atoms with Crippen molar-refractivity contribution in [2.24, 2.45) is 0 Å². The molecule has 1 N–H and O–H groups in total. The molecule has 8 nitrogen and oxygen atoms in total. The van der Waals surface area contributed by atoms with Gasteiger partial charge in [0.1, 0.15) is 11.9 Å². The standard InChI is InChI=1S/C22H20N6O2/c1-14-22(25-18-7-3-2-6-17(18)24-14)26-19-12-30-13-20(19)28-21(29)9-8-16(27-28)15-5-4-10-23-11-15/h2-11,19-20H,12-13H2,1H3,(H,25,26). The monoisotopic (exact) mass is 400 g/mol. The van der Waals surface area contributed by atoms with Gasteiger partial charge in [-0.25, -0.2) is 14.6 Å². The number of ether oxygens (including phenoxy) is 1. The van der Waals surface area contributed by atoms with E-state index >= 15 is 0 Å². The molecule has 2 unspecified atom stereocenters. The maximum Gasteiger partial charge on any atom is 0.267 e. The second-order valence-corrected chi connectivity index (χ2v) is 7.25. The lowest BCUT2D eigenvalue weighted by molar-refractivity contribution is 0.183. The molecule has 1 saturated heterocycles. The number of hydrogen-bond acceptors (Lipinski definition) is 7. The van der Waals surface area contributed by atoms with Crippen molar-refractivity contribution in [3.05, 3.63) is 77.0 Å². The molecule has 5 rings (SSSR count). The van der Waals surface area contributed by atoms with Crippen LogP contribution >= 0.6 is 0 Å². The number of nitrogens with one attached hydrogen (secondary N) is 1. The van der Waals surface area contributed by atoms with Gasteiger partial charge in [-0.05, 0) is 37.3 Å². The molecule has 0 saturated carbocycles. The van der Waals surface area contributed by atoms with Crippen molar-refractivity contribution in [1.82, 2.24) is 24.7 Å². The van der Waals surface area contributed by atoms with E-state index in [0.29, 0.717) is 24.7 Å². The average Bonchev–Trinajstić information content (AvgIpc) is 3.23. The highest BCUT2D eigenvalue weighted by Crippen LogP contribution is 2.24. The van der Waals surface area contributed by atoms with Crippen molar-refractivity contribution in [3.63, 3.8) is 0 Å². The van der Waals surface area contributed by atoms with Crippen molar-refractivity contribution in [2.45, 2.75) is 19.0 Å². The van der Waals surface area contributed by atoms with Gasteiger partial charge in [0.05, 0.1) is 41.7 Å². The Hall–Kier alpha value is -3.65. The molecule has 0 bridgehead atoms. The largest absolute Gasteiger partial charge is 0.377 e. The molecule has 1 aliphatic heterocycles. The number of anilines is 1. The highest BCUT2D eigenvalue weighted by molar-refractivity contribution is 5.76. The molecule has 0 aliphatic carbocycles. The lowest BCUT2D eigenvalue weighted by Crippen LogP contribution is -2.37. The van der Waals surface area contributed by atoms with Crippen LogP contribution in [0.3, 0.4) is 0 Å². The van der Waals surface area contributed by atoms with Crippen LogP contribution in [0.1, 0.15) is 11.7 Å². The van der Waals surface area contributed by atoms with Crippen LogP contribution in [-0.2, 0) is 4.74 Å². The highest BCUT2D eigenvalue weighted by Gasteiger charge is 2.32. The molecule has 150 valence electrons. The smallest absolute Gasteiger partial charge is 0.267 e. The first-order valence-electron chi connectivity index (χ1n) is 9.77. The zero-order valence-corrected chi connectivity index (χ0v) is 16.4. The zero-order valence-electron chi connectivity index (χ0n) is 16.4. The Morgan fingerprint density at radius 3 is 2.67 bits per heavy atom. The number of para-hydroxylation sites is 2. The molecular weight excluding hydrogens is 380 g/mol. The summed E-state index contributed by atoms with van der Waals surface area (Å²) in [5.41, 5.74) is 3.83. The van der Waals surface area contributed by atoms with E-state index in [1.165, 1.54) is 10.7 Å². The number of pyridine rings is 1. The first-order valence-corrected chi connectivity index (χ1v) is 9.77. The number of aromatic nitrogens is 5. The SMILES string of the molecule is Cc1nc2ccccc2nc1NC1COCC1n1nc(-c2cccnc2)ccc1=O. The van der Waals surface area contributed by atoms with E-state index < -0.39 is 0 Å². The number of hydrogen-bond donors (Lipinski definition) is 1. The van der Waals surface area contributed by atoms with Crippen LogP contribution in [0.5, 0.6) is 0 Å². The molecule has 4 heterocycles. The lowest BCUT2D eigenvalue weighted by Gasteiger charge is -2.22. The molecule has 8 heteroatoms. The maximum atomic E-state index is 12.6. The Kier molecular flexibility index (Phi) is 4.68. The summed E-state index contributed by atoms with van der Waals surface area (Å²) in [6.07, 6.45) is 3.43. The molecule has 4 aromatic rings. The van der Waals surface area contributed by atoms with E-state index in [9.17, 15) is 4.79 Å². The van der Waals surface area contributed by atoms with Crippen molar-refractivity contribution in [3.8, 4) is 11.3 Å². The number of fused-ring (bicyclic) bond motifs is 1. The summed E-state index contributed by atoms with van der Waals surface area (Å²) in [5, 5.41) is 8.02. The fraction of sp³-hybridized carbons (Fsp3) is 0.227. The minimum atomic E-state index is -0.262. The summed E-state index contributed by atoms with van der Waals surface area (Å²) in [6, 6.07) is 14.3. The van der Waals surface area contributed by atoms with Gasteiger partial charge < -0.3 is 10.1 Å². The van der Waals surface area contributed by atoms with Gasteiger partial charge in [-0.3, -0.25) is 9.78 Å². The predicted octanol–water partition coefficient (Wildman–Crippen LogP) is 2.61. The summed E-state index contributed by atoms with van der Waals surface area (Å²) in [6.45, 7) is 2.75. The highest BCUT2D eigenvalue weighted by atomic mass is 16.5. The van der Waals surface area contributed by atoms with Gasteiger partial charge in [0.15, 0.2) is 0 Å². The number of nitrogens with zero attached hydrogens (tertiary/aromatic N) is 5. The average molecular weight is 400 g/mol. The quantitative estimate of drug-likeness (QED) is 0.563. The molecule has 30 heavy (non-hydrogen) atoms. The van der Waals surface area contributed by atoms with Crippen LogP contribution in [0.2, 0.25) is 0 Å². The second-order valence-electron chi connectivity index (χ2n) is 7.25. The normalized spacial score (nSPS) is 18.6. The van der Waals surface area contributed by atoms with Crippen LogP contribution in [0.4, 0.5) is 5.82 Å². The van der Waals surface area contributed by atoms with Crippen molar-refractivity contribution in [2.75, 3.05) is 18.5 Å². The maximum absolute atomic E-state index is 12.6. The van der Waals surface area contributed by atoms with Crippen molar-refractivity contribution in [1.29, 1.82) is 0 Å². The van der Waals surface area contributed by atoms with Gasteiger partial charge in [0.25, 0.3) is 5.56 Å². The second kappa shape index (κ2) is 7.64. The van der Waals surface area contributed by atoms with E-state index in [2.05, 4.69) is 20.4 Å². The number of benzene rings is 1. The van der Waals surface area contributed by atoms with E-state index in [-0.39, 0.29) is 17.6 Å². The molecule has 1 aliphatic rings. The van der Waals surface area contributed by atoms with Crippen LogP contribution in [0.15, 0.2) is 65.7 Å². The van der Waals surface area contributed by atoms with Crippen LogP contribution in [0, 0.1) is 6.92 Å². The third-order valence-electron chi connectivity index (χ3n) is 5.21. The van der Waals surface area contributed by atoms with Gasteiger partial charge in [-0.2, -0.15) is 5.10 Å². The fourth-order valence-electron chi connectivity index (χ4n) is 3.65. The van der Waals surface area contributed by atoms with E-state index in [0.717, 1.165) is 22.3 Å². The molecule has 0 spiro atoms. The lowest BCUT2D eigenvalue weighted by atomic mass is 10.1. The Balaban J connectivity index is 1.47. The van der Waals surface area contributed by atoms with Crippen molar-refractivity contribution >= 4 is 16.9 Å². The topological polar surface area (TPSA) is 94.8 Å². The molecule has 3 aromatic heterocycles. The third-order valence-corrected chi connectivity index (χ3v) is 5.21. The van der Waals surface area contributed by atoms with Crippen LogP contribution < -0.4 is 10.9 Å². The van der Waals surface area contributed by atoms with Gasteiger partial charge >= 0.3 is 0 Å². The van der Waals surface area contributed by atoms with Crippen LogP contribution in [-0.4, -0.2) is 44.0 Å². The minimum Gasteiger partial charge on any atom is -0.377 e. The summed E-state index contributed by atoms with van der Waals surface area (Å²) in [4.78, 5) is 26.1. The fourth-order valence-corrected chi connectivity index (χ4v) is 3.65. The first-order chi connectivity index (χ1) is 14.7. The summed E-state index contributed by atoms with van der Waals surface area (Å²) in [7, 11) is 0. The van der Waals surface area contributed by atoms with Gasteiger partial charge in [-0.1, -0.05) is 12.1 Å². The summed E-state index contributed by atoms with van der Waals surface area (Å²) >= 11 is 0. The Labute approximate surface area is 172 Å². The van der Waals surface area contributed by atoms with Gasteiger partial charge in [0.2, 0.25) is 0 Å². The molecule has 1 fully saturated rings. The molecule has 1 aromatic carbocycles. The van der Waals surface area contributed by atoms with Gasteiger partial charge in [-0.15, -0.1) is 0 Å². The van der Waals surface area contributed by atoms with E-state index in [1.54, 1.807) is 18.5 Å². The minimum absolute atomic E-state index is 0.159. The Morgan fingerprint density at radius 1 is 1.03 bits per heavy atom. The number of aryl methyl sites for hydroxylation is 1. The predicted molar refractivity (Wildman–Crippen MR) is 113 cm³/mol. The first kappa shape index (κ1) is 18.4. The third kappa shape index (κ3) is 3.42. The Bertz CT molecular complexity index is 1260.